The van der Waals surface area contributed by atoms with Crippen molar-refractivity contribution in [1.29, 1.82) is 0 Å². The summed E-state index contributed by atoms with van der Waals surface area (Å²) in [6.07, 6.45) is 0.907. The average molecular weight is 270 g/mol. The van der Waals surface area contributed by atoms with Gasteiger partial charge in [0.1, 0.15) is 6.10 Å². The molecule has 0 aromatic heterocycles. The van der Waals surface area contributed by atoms with Gasteiger partial charge in [0, 0.05) is 4.43 Å². The van der Waals surface area contributed by atoms with Crippen molar-refractivity contribution in [3.05, 3.63) is 0 Å². The molecule has 0 amide bonds. The monoisotopic (exact) mass is 270 g/mol. The van der Waals surface area contributed by atoms with E-state index >= 15 is 0 Å². The molecule has 0 fully saturated rings. The van der Waals surface area contributed by atoms with E-state index in [2.05, 4.69) is 22.6 Å². The van der Waals surface area contributed by atoms with Crippen LogP contribution in [0.25, 0.3) is 0 Å². The van der Waals surface area contributed by atoms with E-state index in [0.29, 0.717) is 0 Å². The molecule has 3 heteroatoms. The second-order valence-corrected chi connectivity index (χ2v) is 3.59. The van der Waals surface area contributed by atoms with Gasteiger partial charge in [-0.1, -0.05) is 36.4 Å². The number of halogens is 1. The molecule has 0 saturated heterocycles. The van der Waals surface area contributed by atoms with Crippen LogP contribution in [0.5, 0.6) is 0 Å². The highest BCUT2D eigenvalue weighted by atomic mass is 127. The quantitative estimate of drug-likeness (QED) is 0.445. The fourth-order valence-corrected chi connectivity index (χ4v) is 0.692. The summed E-state index contributed by atoms with van der Waals surface area (Å²) in [7, 11) is 0. The molecule has 0 rings (SSSR count). The lowest BCUT2D eigenvalue weighted by molar-refractivity contribution is -0.151. The molecule has 2 atom stereocenters. The number of alkyl halides is 1. The minimum absolute atomic E-state index is 0.0420. The molecular formula is C8H15IO2. The Balaban J connectivity index is 3.68. The SMILES string of the molecule is CCC(C)C(=O)OC(C)CI. The van der Waals surface area contributed by atoms with E-state index in [1.165, 1.54) is 0 Å². The first-order valence-electron chi connectivity index (χ1n) is 3.88. The van der Waals surface area contributed by atoms with Gasteiger partial charge in [-0.15, -0.1) is 0 Å². The normalized spacial score (nSPS) is 15.6. The summed E-state index contributed by atoms with van der Waals surface area (Å²) in [6.45, 7) is 5.79. The number of ether oxygens (including phenoxy) is 1. The number of esters is 1. The average Bonchev–Trinajstić information content (AvgIpc) is 2.02. The lowest BCUT2D eigenvalue weighted by Gasteiger charge is -2.13. The smallest absolute Gasteiger partial charge is 0.308 e. The highest BCUT2D eigenvalue weighted by Crippen LogP contribution is 2.06. The first-order chi connectivity index (χ1) is 5.11. The second-order valence-electron chi connectivity index (χ2n) is 2.71. The summed E-state index contributed by atoms with van der Waals surface area (Å²) >= 11 is 2.21. The summed E-state index contributed by atoms with van der Waals surface area (Å²) in [6, 6.07) is 0. The minimum atomic E-state index is -0.0725. The molecule has 0 radical (unpaired) electrons. The Morgan fingerprint density at radius 1 is 1.55 bits per heavy atom. The van der Waals surface area contributed by atoms with E-state index in [9.17, 15) is 4.79 Å². The van der Waals surface area contributed by atoms with E-state index in [1.807, 2.05) is 20.8 Å². The van der Waals surface area contributed by atoms with Crippen molar-refractivity contribution < 1.29 is 9.53 Å². The third-order valence-corrected chi connectivity index (χ3v) is 2.79. The Kier molecular flexibility index (Phi) is 5.91. The molecule has 0 saturated carbocycles. The maximum absolute atomic E-state index is 11.1. The van der Waals surface area contributed by atoms with Gasteiger partial charge in [0.15, 0.2) is 0 Å². The molecule has 0 aliphatic carbocycles. The van der Waals surface area contributed by atoms with Crippen molar-refractivity contribution >= 4 is 28.6 Å². The Morgan fingerprint density at radius 2 is 2.09 bits per heavy atom. The molecule has 0 aromatic carbocycles. The number of carbonyl (C=O) groups excluding carboxylic acids is 1. The van der Waals surface area contributed by atoms with Crippen LogP contribution in [-0.2, 0) is 9.53 Å². The topological polar surface area (TPSA) is 26.3 Å². The third kappa shape index (κ3) is 4.61. The van der Waals surface area contributed by atoms with Crippen LogP contribution in [0.2, 0.25) is 0 Å². The van der Waals surface area contributed by atoms with Gasteiger partial charge in [0.05, 0.1) is 5.92 Å². The van der Waals surface area contributed by atoms with Gasteiger partial charge in [0.2, 0.25) is 0 Å². The molecule has 2 unspecified atom stereocenters. The Hall–Kier alpha value is 0.200. The molecule has 0 aliphatic rings. The fourth-order valence-electron chi connectivity index (χ4n) is 0.513. The number of hydrogen-bond acceptors (Lipinski definition) is 2. The summed E-state index contributed by atoms with van der Waals surface area (Å²) in [5.74, 6) is -0.0305. The molecule has 11 heavy (non-hydrogen) atoms. The molecule has 0 N–H and O–H groups in total. The van der Waals surface area contributed by atoms with E-state index in [-0.39, 0.29) is 18.0 Å². The molecule has 2 nitrogen and oxygen atoms in total. The van der Waals surface area contributed by atoms with Crippen molar-refractivity contribution in [3.63, 3.8) is 0 Å². The van der Waals surface area contributed by atoms with Crippen LogP contribution in [0.4, 0.5) is 0 Å². The van der Waals surface area contributed by atoms with Gasteiger partial charge in [-0.2, -0.15) is 0 Å². The lowest BCUT2D eigenvalue weighted by atomic mass is 10.1. The van der Waals surface area contributed by atoms with Gasteiger partial charge in [-0.05, 0) is 13.3 Å². The van der Waals surface area contributed by atoms with E-state index in [1.54, 1.807) is 0 Å². The Bertz CT molecular complexity index is 125. The van der Waals surface area contributed by atoms with Crippen molar-refractivity contribution in [2.45, 2.75) is 33.3 Å². The van der Waals surface area contributed by atoms with Crippen LogP contribution in [-0.4, -0.2) is 16.5 Å². The number of carbonyl (C=O) groups is 1. The predicted octanol–water partition coefficient (Wildman–Crippen LogP) is 2.40. The van der Waals surface area contributed by atoms with Crippen molar-refractivity contribution in [3.8, 4) is 0 Å². The van der Waals surface area contributed by atoms with Crippen molar-refractivity contribution in [2.75, 3.05) is 4.43 Å². The molecule has 0 bridgehead atoms. The van der Waals surface area contributed by atoms with Crippen molar-refractivity contribution in [2.24, 2.45) is 5.92 Å². The third-order valence-electron chi connectivity index (χ3n) is 1.55. The highest BCUT2D eigenvalue weighted by Gasteiger charge is 2.14. The van der Waals surface area contributed by atoms with E-state index in [0.717, 1.165) is 10.8 Å². The zero-order valence-electron chi connectivity index (χ0n) is 7.26. The number of hydrogen-bond donors (Lipinski definition) is 0. The van der Waals surface area contributed by atoms with Crippen LogP contribution in [0, 0.1) is 5.92 Å². The van der Waals surface area contributed by atoms with Gasteiger partial charge < -0.3 is 4.74 Å². The molecular weight excluding hydrogens is 255 g/mol. The number of rotatable bonds is 4. The standard InChI is InChI=1S/C8H15IO2/c1-4-6(2)8(10)11-7(3)5-9/h6-7H,4-5H2,1-3H3. The maximum Gasteiger partial charge on any atom is 0.308 e. The summed E-state index contributed by atoms with van der Waals surface area (Å²) in [5, 5.41) is 0. The van der Waals surface area contributed by atoms with Crippen LogP contribution in [0.3, 0.4) is 0 Å². The molecule has 0 aliphatic heterocycles. The zero-order valence-corrected chi connectivity index (χ0v) is 9.42. The maximum atomic E-state index is 11.1. The van der Waals surface area contributed by atoms with Crippen LogP contribution in [0.1, 0.15) is 27.2 Å². The van der Waals surface area contributed by atoms with E-state index < -0.39 is 0 Å². The van der Waals surface area contributed by atoms with Gasteiger partial charge in [-0.3, -0.25) is 4.79 Å². The Morgan fingerprint density at radius 3 is 2.45 bits per heavy atom. The van der Waals surface area contributed by atoms with Gasteiger partial charge in [0.25, 0.3) is 0 Å². The van der Waals surface area contributed by atoms with Gasteiger partial charge in [-0.25, -0.2) is 0 Å². The predicted molar refractivity (Wildman–Crippen MR) is 53.9 cm³/mol. The second kappa shape index (κ2) is 5.80. The first-order valence-corrected chi connectivity index (χ1v) is 5.40. The molecule has 66 valence electrons. The van der Waals surface area contributed by atoms with Crippen molar-refractivity contribution in [1.82, 2.24) is 0 Å². The first kappa shape index (κ1) is 11.2. The fraction of sp³-hybridized carbons (Fsp3) is 0.875. The highest BCUT2D eigenvalue weighted by molar-refractivity contribution is 14.1. The molecule has 0 spiro atoms. The van der Waals surface area contributed by atoms with E-state index in [4.69, 9.17) is 4.74 Å². The van der Waals surface area contributed by atoms with Crippen LogP contribution < -0.4 is 0 Å². The van der Waals surface area contributed by atoms with Crippen LogP contribution in [0.15, 0.2) is 0 Å². The Labute approximate surface area is 81.8 Å². The molecule has 0 aromatic rings. The van der Waals surface area contributed by atoms with Crippen LogP contribution >= 0.6 is 22.6 Å². The zero-order chi connectivity index (χ0) is 8.85. The lowest BCUT2D eigenvalue weighted by Crippen LogP contribution is -2.21. The summed E-state index contributed by atoms with van der Waals surface area (Å²) < 4.78 is 5.97. The summed E-state index contributed by atoms with van der Waals surface area (Å²) in [4.78, 5) is 11.1. The van der Waals surface area contributed by atoms with Gasteiger partial charge >= 0.3 is 5.97 Å². The molecule has 0 heterocycles. The summed E-state index contributed by atoms with van der Waals surface area (Å²) in [5.41, 5.74) is 0. The largest absolute Gasteiger partial charge is 0.462 e. The minimum Gasteiger partial charge on any atom is -0.462 e.